The van der Waals surface area contributed by atoms with Crippen molar-refractivity contribution in [2.45, 2.75) is 67.2 Å². The van der Waals surface area contributed by atoms with Gasteiger partial charge in [0, 0.05) is 12.8 Å². The fraction of sp³-hybridized carbons (Fsp3) is 0.750. The summed E-state index contributed by atoms with van der Waals surface area (Å²) in [5.41, 5.74) is 0. The van der Waals surface area contributed by atoms with Crippen LogP contribution in [0.3, 0.4) is 0 Å². The van der Waals surface area contributed by atoms with Crippen LogP contribution >= 0.6 is 0 Å². The van der Waals surface area contributed by atoms with E-state index in [1.165, 1.54) is 13.8 Å². The van der Waals surface area contributed by atoms with E-state index in [9.17, 15) is 19.2 Å². The second-order valence-electron chi connectivity index (χ2n) is 6.03. The lowest BCUT2D eigenvalue weighted by Crippen LogP contribution is -2.06. The largest absolute Gasteiger partial charge is 0.300 e. The van der Waals surface area contributed by atoms with Crippen molar-refractivity contribution in [2.24, 2.45) is 11.8 Å². The van der Waals surface area contributed by atoms with Crippen molar-refractivity contribution in [1.82, 2.24) is 0 Å². The average molecular weight is 284 g/mol. The highest BCUT2D eigenvalue weighted by molar-refractivity contribution is 5.98. The van der Waals surface area contributed by atoms with E-state index in [0.717, 1.165) is 0 Å². The Balaban J connectivity index is 0. The van der Waals surface area contributed by atoms with Gasteiger partial charge in [0.1, 0.15) is 23.1 Å². The lowest BCUT2D eigenvalue weighted by atomic mass is 10.0. The van der Waals surface area contributed by atoms with Crippen LogP contribution in [-0.2, 0) is 19.2 Å². The summed E-state index contributed by atoms with van der Waals surface area (Å²) in [6, 6.07) is 0. The molecule has 0 unspecified atom stereocenters. The molecule has 0 saturated heterocycles. The molecule has 0 aliphatic rings. The molecule has 0 spiro atoms. The van der Waals surface area contributed by atoms with Gasteiger partial charge in [-0.1, -0.05) is 27.7 Å². The number of rotatable bonds is 8. The van der Waals surface area contributed by atoms with Crippen molar-refractivity contribution in [1.29, 1.82) is 0 Å². The van der Waals surface area contributed by atoms with Crippen LogP contribution < -0.4 is 0 Å². The molecule has 0 amide bonds. The average Bonchev–Trinajstić information content (AvgIpc) is 2.11. The third kappa shape index (κ3) is 19.0. The maximum Gasteiger partial charge on any atom is 0.140 e. The van der Waals surface area contributed by atoms with E-state index in [2.05, 4.69) is 0 Å². The number of hydrogen-bond donors (Lipinski definition) is 0. The van der Waals surface area contributed by atoms with Gasteiger partial charge in [-0.05, 0) is 25.7 Å². The van der Waals surface area contributed by atoms with E-state index in [1.807, 2.05) is 27.7 Å². The molecule has 0 heterocycles. The molecule has 0 aliphatic carbocycles. The van der Waals surface area contributed by atoms with E-state index >= 15 is 0 Å². The summed E-state index contributed by atoms with van der Waals surface area (Å²) in [4.78, 5) is 42.5. The maximum atomic E-state index is 10.8. The lowest BCUT2D eigenvalue weighted by molar-refractivity contribution is -0.128. The molecule has 0 aromatic carbocycles. The summed E-state index contributed by atoms with van der Waals surface area (Å²) in [5, 5.41) is 0. The predicted octanol–water partition coefficient (Wildman–Crippen LogP) is 3.16. The van der Waals surface area contributed by atoms with Crippen molar-refractivity contribution in [3.63, 3.8) is 0 Å². The fourth-order valence-corrected chi connectivity index (χ4v) is 1.61. The van der Waals surface area contributed by atoms with Gasteiger partial charge in [0.05, 0.1) is 12.8 Å². The van der Waals surface area contributed by atoms with E-state index in [0.29, 0.717) is 24.7 Å². The Morgan fingerprint density at radius 3 is 1.05 bits per heavy atom. The number of ketones is 4. The molecule has 0 aliphatic heterocycles. The summed E-state index contributed by atoms with van der Waals surface area (Å²) in [5.74, 6) is 0.778. The van der Waals surface area contributed by atoms with Crippen LogP contribution in [0.15, 0.2) is 0 Å². The van der Waals surface area contributed by atoms with Gasteiger partial charge < -0.3 is 0 Å². The lowest BCUT2D eigenvalue weighted by Gasteiger charge is -2.00. The first-order valence-corrected chi connectivity index (χ1v) is 7.06. The summed E-state index contributed by atoms with van der Waals surface area (Å²) < 4.78 is 0. The van der Waals surface area contributed by atoms with Crippen molar-refractivity contribution in [3.05, 3.63) is 0 Å². The Kier molecular flexibility index (Phi) is 12.1. The fourth-order valence-electron chi connectivity index (χ4n) is 1.61. The van der Waals surface area contributed by atoms with Gasteiger partial charge in [-0.25, -0.2) is 0 Å². The van der Waals surface area contributed by atoms with Crippen LogP contribution in [0.4, 0.5) is 0 Å². The normalized spacial score (nSPS) is 10.0. The third-order valence-corrected chi connectivity index (χ3v) is 2.16. The molecule has 4 nitrogen and oxygen atoms in total. The monoisotopic (exact) mass is 284 g/mol. The van der Waals surface area contributed by atoms with Gasteiger partial charge >= 0.3 is 0 Å². The predicted molar refractivity (Wildman–Crippen MR) is 79.5 cm³/mol. The second-order valence-corrected chi connectivity index (χ2v) is 6.03. The maximum absolute atomic E-state index is 10.8. The van der Waals surface area contributed by atoms with E-state index in [1.54, 1.807) is 0 Å². The molecular formula is C16H28O4. The Bertz CT molecular complexity index is 306. The molecule has 0 N–H and O–H groups in total. The van der Waals surface area contributed by atoms with Crippen molar-refractivity contribution in [3.8, 4) is 0 Å². The van der Waals surface area contributed by atoms with Crippen LogP contribution in [0, 0.1) is 11.8 Å². The van der Waals surface area contributed by atoms with Gasteiger partial charge in [-0.3, -0.25) is 19.2 Å². The highest BCUT2D eigenvalue weighted by Crippen LogP contribution is 2.03. The third-order valence-electron chi connectivity index (χ3n) is 2.16. The summed E-state index contributed by atoms with van der Waals surface area (Å²) in [7, 11) is 0. The highest BCUT2D eigenvalue weighted by Gasteiger charge is 2.07. The van der Waals surface area contributed by atoms with Crippen molar-refractivity contribution < 1.29 is 19.2 Å². The zero-order valence-electron chi connectivity index (χ0n) is 13.6. The van der Waals surface area contributed by atoms with Gasteiger partial charge in [0.15, 0.2) is 0 Å². The first-order valence-electron chi connectivity index (χ1n) is 7.06. The van der Waals surface area contributed by atoms with E-state index in [4.69, 9.17) is 0 Å². The molecule has 0 atom stereocenters. The van der Waals surface area contributed by atoms with Crippen LogP contribution in [0.25, 0.3) is 0 Å². The van der Waals surface area contributed by atoms with Crippen LogP contribution in [0.1, 0.15) is 67.2 Å². The quantitative estimate of drug-likeness (QED) is 0.642. The van der Waals surface area contributed by atoms with Crippen molar-refractivity contribution in [2.75, 3.05) is 0 Å². The number of hydrogen-bond acceptors (Lipinski definition) is 4. The summed E-state index contributed by atoms with van der Waals surface area (Å²) in [6.45, 7) is 10.8. The zero-order chi connectivity index (χ0) is 16.3. The zero-order valence-corrected chi connectivity index (χ0v) is 13.6. The van der Waals surface area contributed by atoms with Crippen molar-refractivity contribution >= 4 is 23.1 Å². The number of carbonyl (C=O) groups excluding carboxylic acids is 4. The standard InChI is InChI=1S/2C8H14O2/c2*1-6(2)4-8(10)5-7(3)9/h2*6H,4-5H2,1-3H3. The van der Waals surface area contributed by atoms with Gasteiger partial charge in [-0.2, -0.15) is 0 Å². The summed E-state index contributed by atoms with van der Waals surface area (Å²) >= 11 is 0. The van der Waals surface area contributed by atoms with Gasteiger partial charge in [-0.15, -0.1) is 0 Å². The number of Topliss-reactive ketones (excluding diaryl/α,β-unsaturated/α-hetero) is 4. The number of carbonyl (C=O) groups is 4. The topological polar surface area (TPSA) is 68.3 Å². The Morgan fingerprint density at radius 1 is 0.650 bits per heavy atom. The van der Waals surface area contributed by atoms with Gasteiger partial charge in [0.25, 0.3) is 0 Å². The smallest absolute Gasteiger partial charge is 0.140 e. The molecule has 20 heavy (non-hydrogen) atoms. The van der Waals surface area contributed by atoms with Crippen LogP contribution in [0.5, 0.6) is 0 Å². The van der Waals surface area contributed by atoms with Gasteiger partial charge in [0.2, 0.25) is 0 Å². The highest BCUT2D eigenvalue weighted by atomic mass is 16.2. The summed E-state index contributed by atoms with van der Waals surface area (Å²) in [6.07, 6.45) is 1.27. The molecule has 0 radical (unpaired) electrons. The molecule has 0 fully saturated rings. The Labute approximate surface area is 122 Å². The molecule has 0 aromatic heterocycles. The van der Waals surface area contributed by atoms with E-state index in [-0.39, 0.29) is 36.0 Å². The SMILES string of the molecule is CC(=O)CC(=O)CC(C)C.CC(=O)CC(=O)CC(C)C. The molecule has 0 saturated carbocycles. The minimum absolute atomic E-state index is 0.0364. The molecular weight excluding hydrogens is 256 g/mol. The van der Waals surface area contributed by atoms with Crippen LogP contribution in [0.2, 0.25) is 0 Å². The minimum Gasteiger partial charge on any atom is -0.300 e. The Hall–Kier alpha value is -1.32. The minimum atomic E-state index is -0.0364. The first-order chi connectivity index (χ1) is 9.04. The molecule has 4 heteroatoms. The van der Waals surface area contributed by atoms with E-state index < -0.39 is 0 Å². The first kappa shape index (κ1) is 21.0. The molecule has 0 aromatic rings. The second kappa shape index (κ2) is 11.5. The molecule has 0 bridgehead atoms. The molecule has 116 valence electrons. The Morgan fingerprint density at radius 2 is 0.900 bits per heavy atom. The molecule has 0 rings (SSSR count). The van der Waals surface area contributed by atoms with Crippen LogP contribution in [-0.4, -0.2) is 23.1 Å².